The summed E-state index contributed by atoms with van der Waals surface area (Å²) in [5.41, 5.74) is 1.75. The maximum Gasteiger partial charge on any atom is 0.161 e. The number of methoxy groups -OCH3 is 1. The molecule has 3 nitrogen and oxygen atoms in total. The molecule has 0 aliphatic carbocycles. The first-order valence-electron chi connectivity index (χ1n) is 4.87. The zero-order valence-electron chi connectivity index (χ0n) is 8.84. The maximum atomic E-state index is 9.46. The molecule has 0 spiro atoms. The molecule has 0 atom stereocenters. The fraction of sp³-hybridized carbons (Fsp3) is 0.0769. The van der Waals surface area contributed by atoms with Crippen LogP contribution in [0.2, 0.25) is 0 Å². The molecule has 2 aromatic rings. The van der Waals surface area contributed by atoms with Crippen LogP contribution in [-0.4, -0.2) is 17.3 Å². The molecule has 0 heterocycles. The molecule has 2 N–H and O–H groups in total. The summed E-state index contributed by atoms with van der Waals surface area (Å²) in [4.78, 5) is 0. The zero-order valence-corrected chi connectivity index (χ0v) is 8.84. The maximum absolute atomic E-state index is 9.46. The van der Waals surface area contributed by atoms with Gasteiger partial charge in [0.25, 0.3) is 0 Å². The van der Waals surface area contributed by atoms with Gasteiger partial charge in [-0.2, -0.15) is 0 Å². The van der Waals surface area contributed by atoms with Gasteiger partial charge in [0.1, 0.15) is 5.75 Å². The minimum absolute atomic E-state index is 0.103. The van der Waals surface area contributed by atoms with Crippen molar-refractivity contribution < 1.29 is 14.9 Å². The second kappa shape index (κ2) is 4.14. The Bertz CT molecular complexity index is 506. The first-order chi connectivity index (χ1) is 7.70. The van der Waals surface area contributed by atoms with Crippen LogP contribution < -0.4 is 4.74 Å². The predicted octanol–water partition coefficient (Wildman–Crippen LogP) is 2.77. The third-order valence-electron chi connectivity index (χ3n) is 2.36. The number of hydrogen-bond donors (Lipinski definition) is 2. The van der Waals surface area contributed by atoms with E-state index in [-0.39, 0.29) is 11.5 Å². The largest absolute Gasteiger partial charge is 0.508 e. The molecular formula is C13H12O3. The molecule has 0 aromatic heterocycles. The standard InChI is InChI=1S/C13H12O3/c1-16-13-8-10(5-6-12(13)15)9-3-2-4-11(14)7-9/h2-8,14-15H,1H3. The Balaban J connectivity index is 2.48. The van der Waals surface area contributed by atoms with Gasteiger partial charge in [0.15, 0.2) is 11.5 Å². The molecular weight excluding hydrogens is 204 g/mol. The Kier molecular flexibility index (Phi) is 2.68. The summed E-state index contributed by atoms with van der Waals surface area (Å²) in [6, 6.07) is 12.0. The minimum Gasteiger partial charge on any atom is -0.508 e. The molecule has 2 rings (SSSR count). The van der Waals surface area contributed by atoms with E-state index in [4.69, 9.17) is 4.74 Å². The molecule has 16 heavy (non-hydrogen) atoms. The average molecular weight is 216 g/mol. The number of ether oxygens (including phenoxy) is 1. The van der Waals surface area contributed by atoms with Crippen LogP contribution in [0.5, 0.6) is 17.2 Å². The molecule has 3 heteroatoms. The van der Waals surface area contributed by atoms with Crippen LogP contribution in [0.1, 0.15) is 0 Å². The first kappa shape index (κ1) is 10.4. The monoisotopic (exact) mass is 216 g/mol. The lowest BCUT2D eigenvalue weighted by Gasteiger charge is -2.07. The van der Waals surface area contributed by atoms with Gasteiger partial charge in [-0.1, -0.05) is 18.2 Å². The van der Waals surface area contributed by atoms with E-state index in [1.54, 1.807) is 36.4 Å². The van der Waals surface area contributed by atoms with Gasteiger partial charge >= 0.3 is 0 Å². The molecule has 0 unspecified atom stereocenters. The van der Waals surface area contributed by atoms with Crippen molar-refractivity contribution in [3.63, 3.8) is 0 Å². The quantitative estimate of drug-likeness (QED) is 0.811. The van der Waals surface area contributed by atoms with Crippen LogP contribution in [0.3, 0.4) is 0 Å². The van der Waals surface area contributed by atoms with E-state index < -0.39 is 0 Å². The highest BCUT2D eigenvalue weighted by molar-refractivity contribution is 5.68. The number of aromatic hydroxyl groups is 2. The first-order valence-corrected chi connectivity index (χ1v) is 4.87. The SMILES string of the molecule is COc1cc(-c2cccc(O)c2)ccc1O. The number of hydrogen-bond acceptors (Lipinski definition) is 3. The summed E-state index contributed by atoms with van der Waals surface area (Å²) >= 11 is 0. The Morgan fingerprint density at radius 1 is 0.938 bits per heavy atom. The van der Waals surface area contributed by atoms with Crippen molar-refractivity contribution in [2.45, 2.75) is 0 Å². The zero-order chi connectivity index (χ0) is 11.5. The van der Waals surface area contributed by atoms with Gasteiger partial charge in [-0.3, -0.25) is 0 Å². The minimum atomic E-state index is 0.103. The van der Waals surface area contributed by atoms with Gasteiger partial charge < -0.3 is 14.9 Å². The Morgan fingerprint density at radius 2 is 1.69 bits per heavy atom. The molecule has 0 aliphatic rings. The number of benzene rings is 2. The highest BCUT2D eigenvalue weighted by Gasteiger charge is 2.04. The lowest BCUT2D eigenvalue weighted by Crippen LogP contribution is -1.85. The summed E-state index contributed by atoms with van der Waals surface area (Å²) < 4.78 is 5.02. The van der Waals surface area contributed by atoms with Crippen molar-refractivity contribution in [2.75, 3.05) is 7.11 Å². The van der Waals surface area contributed by atoms with E-state index in [0.717, 1.165) is 11.1 Å². The van der Waals surface area contributed by atoms with E-state index in [1.807, 2.05) is 6.07 Å². The molecule has 0 aliphatic heterocycles. The van der Waals surface area contributed by atoms with Crippen LogP contribution in [0.25, 0.3) is 11.1 Å². The van der Waals surface area contributed by atoms with Crippen molar-refractivity contribution in [3.05, 3.63) is 42.5 Å². The summed E-state index contributed by atoms with van der Waals surface area (Å²) in [6.07, 6.45) is 0. The number of rotatable bonds is 2. The van der Waals surface area contributed by atoms with Gasteiger partial charge in [0.2, 0.25) is 0 Å². The van der Waals surface area contributed by atoms with E-state index in [0.29, 0.717) is 5.75 Å². The van der Waals surface area contributed by atoms with Crippen molar-refractivity contribution in [1.29, 1.82) is 0 Å². The van der Waals surface area contributed by atoms with Crippen LogP contribution >= 0.6 is 0 Å². The molecule has 0 fully saturated rings. The Hall–Kier alpha value is -2.16. The van der Waals surface area contributed by atoms with E-state index in [1.165, 1.54) is 7.11 Å². The molecule has 0 saturated carbocycles. The third-order valence-corrected chi connectivity index (χ3v) is 2.36. The van der Waals surface area contributed by atoms with Crippen LogP contribution in [0, 0.1) is 0 Å². The van der Waals surface area contributed by atoms with E-state index in [9.17, 15) is 10.2 Å². The van der Waals surface area contributed by atoms with Gasteiger partial charge in [-0.05, 0) is 35.4 Å². The fourth-order valence-corrected chi connectivity index (χ4v) is 1.54. The van der Waals surface area contributed by atoms with Crippen molar-refractivity contribution in [2.24, 2.45) is 0 Å². The molecule has 2 aromatic carbocycles. The smallest absolute Gasteiger partial charge is 0.161 e. The molecule has 0 amide bonds. The van der Waals surface area contributed by atoms with Gasteiger partial charge in [-0.15, -0.1) is 0 Å². The van der Waals surface area contributed by atoms with Crippen molar-refractivity contribution in [3.8, 4) is 28.4 Å². The summed E-state index contributed by atoms with van der Waals surface area (Å²) in [6.45, 7) is 0. The van der Waals surface area contributed by atoms with Crippen molar-refractivity contribution in [1.82, 2.24) is 0 Å². The third kappa shape index (κ3) is 1.93. The average Bonchev–Trinajstić information content (AvgIpc) is 2.29. The summed E-state index contributed by atoms with van der Waals surface area (Å²) in [5, 5.41) is 18.8. The molecule has 0 radical (unpaired) electrons. The lowest BCUT2D eigenvalue weighted by molar-refractivity contribution is 0.373. The highest BCUT2D eigenvalue weighted by Crippen LogP contribution is 2.32. The van der Waals surface area contributed by atoms with Crippen LogP contribution in [-0.2, 0) is 0 Å². The normalized spacial score (nSPS) is 10.1. The van der Waals surface area contributed by atoms with Crippen LogP contribution in [0.4, 0.5) is 0 Å². The second-order valence-electron chi connectivity index (χ2n) is 3.44. The van der Waals surface area contributed by atoms with E-state index >= 15 is 0 Å². The predicted molar refractivity (Wildman–Crippen MR) is 61.8 cm³/mol. The number of phenols is 2. The summed E-state index contributed by atoms with van der Waals surface area (Å²) in [5.74, 6) is 0.733. The fourth-order valence-electron chi connectivity index (χ4n) is 1.54. The van der Waals surface area contributed by atoms with Crippen molar-refractivity contribution >= 4 is 0 Å². The highest BCUT2D eigenvalue weighted by atomic mass is 16.5. The van der Waals surface area contributed by atoms with Gasteiger partial charge in [-0.25, -0.2) is 0 Å². The molecule has 0 bridgehead atoms. The topological polar surface area (TPSA) is 49.7 Å². The van der Waals surface area contributed by atoms with Crippen LogP contribution in [0.15, 0.2) is 42.5 Å². The Labute approximate surface area is 93.6 Å². The second-order valence-corrected chi connectivity index (χ2v) is 3.44. The molecule has 82 valence electrons. The molecule has 0 saturated heterocycles. The van der Waals surface area contributed by atoms with Gasteiger partial charge in [0.05, 0.1) is 7.11 Å². The lowest BCUT2D eigenvalue weighted by atomic mass is 10.1. The van der Waals surface area contributed by atoms with Gasteiger partial charge in [0, 0.05) is 0 Å². The Morgan fingerprint density at radius 3 is 2.38 bits per heavy atom. The van der Waals surface area contributed by atoms with E-state index in [2.05, 4.69) is 0 Å². The summed E-state index contributed by atoms with van der Waals surface area (Å²) in [7, 11) is 1.50. The number of phenolic OH excluding ortho intramolecular Hbond substituents is 2.